The van der Waals surface area contributed by atoms with E-state index in [9.17, 15) is 14.4 Å². The van der Waals surface area contributed by atoms with Crippen molar-refractivity contribution in [1.29, 1.82) is 0 Å². The fourth-order valence-electron chi connectivity index (χ4n) is 2.63. The molecule has 1 aliphatic heterocycles. The van der Waals surface area contributed by atoms with Gasteiger partial charge in [0.2, 0.25) is 5.91 Å². The van der Waals surface area contributed by atoms with Crippen molar-refractivity contribution in [3.8, 4) is 0 Å². The molecule has 0 unspecified atom stereocenters. The van der Waals surface area contributed by atoms with Crippen molar-refractivity contribution in [3.63, 3.8) is 0 Å². The minimum Gasteiger partial charge on any atom is -0.464 e. The Labute approximate surface area is 171 Å². The molecular weight excluding hydrogens is 376 g/mol. The number of rotatable bonds is 12. The molecule has 0 bridgehead atoms. The number of ether oxygens (including phenoxy) is 3. The molecule has 2 amide bonds. The molecule has 1 aromatic rings. The fourth-order valence-corrected chi connectivity index (χ4v) is 2.63. The van der Waals surface area contributed by atoms with Crippen molar-refractivity contribution < 1.29 is 28.6 Å². The van der Waals surface area contributed by atoms with Crippen LogP contribution >= 0.6 is 0 Å². The lowest BCUT2D eigenvalue weighted by molar-refractivity contribution is -0.144. The average Bonchev–Trinajstić information content (AvgIpc) is 3.49. The molecule has 1 heterocycles. The molecule has 8 heteroatoms. The van der Waals surface area contributed by atoms with Crippen molar-refractivity contribution in [3.05, 3.63) is 35.9 Å². The van der Waals surface area contributed by atoms with E-state index in [2.05, 4.69) is 24.5 Å². The van der Waals surface area contributed by atoms with Gasteiger partial charge in [-0.1, -0.05) is 44.2 Å². The van der Waals surface area contributed by atoms with Crippen LogP contribution in [0.1, 0.15) is 32.8 Å². The Bertz CT molecular complexity index is 679. The Morgan fingerprint density at radius 2 is 1.86 bits per heavy atom. The van der Waals surface area contributed by atoms with Crippen LogP contribution in [-0.2, 0) is 35.2 Å². The SMILES string of the molecule is CCOC(=O)[C@@H]1O[C@H]1C(=O)N[C@H](COCc1ccccc1)C(=O)NCCC(C)C. The van der Waals surface area contributed by atoms with Gasteiger partial charge in [0.1, 0.15) is 6.04 Å². The molecule has 1 saturated heterocycles. The van der Waals surface area contributed by atoms with Gasteiger partial charge in [-0.3, -0.25) is 9.59 Å². The number of carbonyl (C=O) groups excluding carboxylic acids is 3. The number of hydrogen-bond acceptors (Lipinski definition) is 6. The third kappa shape index (κ3) is 7.83. The molecule has 160 valence electrons. The number of epoxide rings is 1. The molecule has 0 spiro atoms. The molecule has 1 aliphatic rings. The summed E-state index contributed by atoms with van der Waals surface area (Å²) in [6.07, 6.45) is -1.02. The number of nitrogens with one attached hydrogen (secondary N) is 2. The minimum atomic E-state index is -0.936. The zero-order valence-electron chi connectivity index (χ0n) is 17.2. The highest BCUT2D eigenvalue weighted by Crippen LogP contribution is 2.23. The van der Waals surface area contributed by atoms with Gasteiger partial charge < -0.3 is 24.8 Å². The Hall–Kier alpha value is -2.45. The highest BCUT2D eigenvalue weighted by molar-refractivity contribution is 5.95. The van der Waals surface area contributed by atoms with Crippen molar-refractivity contribution in [1.82, 2.24) is 10.6 Å². The maximum Gasteiger partial charge on any atom is 0.338 e. The number of amides is 2. The summed E-state index contributed by atoms with van der Waals surface area (Å²) in [7, 11) is 0. The number of carbonyl (C=O) groups is 3. The lowest BCUT2D eigenvalue weighted by Crippen LogP contribution is -2.51. The quantitative estimate of drug-likeness (QED) is 0.399. The lowest BCUT2D eigenvalue weighted by atomic mass is 10.1. The molecule has 1 fully saturated rings. The number of esters is 1. The summed E-state index contributed by atoms with van der Waals surface area (Å²) in [6.45, 7) is 6.84. The topological polar surface area (TPSA) is 106 Å². The summed E-state index contributed by atoms with van der Waals surface area (Å²) in [5.41, 5.74) is 0.964. The molecule has 0 radical (unpaired) electrons. The Kier molecular flexibility index (Phi) is 9.08. The van der Waals surface area contributed by atoms with Crippen LogP contribution in [0.15, 0.2) is 30.3 Å². The second-order valence-electron chi connectivity index (χ2n) is 7.26. The predicted octanol–water partition coefficient (Wildman–Crippen LogP) is 1.18. The van der Waals surface area contributed by atoms with Crippen molar-refractivity contribution in [2.45, 2.75) is 52.0 Å². The molecule has 29 heavy (non-hydrogen) atoms. The summed E-state index contributed by atoms with van der Waals surface area (Å²) in [6, 6.07) is 8.65. The summed E-state index contributed by atoms with van der Waals surface area (Å²) in [4.78, 5) is 36.5. The molecular formula is C21H30N2O6. The molecule has 2 rings (SSSR count). The first-order valence-electron chi connectivity index (χ1n) is 9.94. The average molecular weight is 406 g/mol. The summed E-state index contributed by atoms with van der Waals surface area (Å²) in [5.74, 6) is -0.996. The summed E-state index contributed by atoms with van der Waals surface area (Å²) in [5, 5.41) is 5.44. The van der Waals surface area contributed by atoms with E-state index in [-0.39, 0.29) is 19.1 Å². The summed E-state index contributed by atoms with van der Waals surface area (Å²) < 4.78 is 15.6. The third-order valence-corrected chi connectivity index (χ3v) is 4.32. The highest BCUT2D eigenvalue weighted by atomic mass is 16.6. The molecule has 0 aliphatic carbocycles. The van der Waals surface area contributed by atoms with Gasteiger partial charge in [-0.25, -0.2) is 4.79 Å². The van der Waals surface area contributed by atoms with E-state index in [1.165, 1.54) is 0 Å². The second-order valence-corrected chi connectivity index (χ2v) is 7.26. The number of benzene rings is 1. The first-order chi connectivity index (χ1) is 13.9. The molecule has 0 aromatic heterocycles. The van der Waals surface area contributed by atoms with Crippen LogP contribution in [0.3, 0.4) is 0 Å². The van der Waals surface area contributed by atoms with Crippen molar-refractivity contribution in [2.24, 2.45) is 5.92 Å². The van der Waals surface area contributed by atoms with Crippen LogP contribution in [0.25, 0.3) is 0 Å². The molecule has 2 N–H and O–H groups in total. The smallest absolute Gasteiger partial charge is 0.338 e. The molecule has 0 saturated carbocycles. The van der Waals surface area contributed by atoms with Gasteiger partial charge in [0.25, 0.3) is 5.91 Å². The minimum absolute atomic E-state index is 0.00490. The van der Waals surface area contributed by atoms with E-state index >= 15 is 0 Å². The van der Waals surface area contributed by atoms with Crippen LogP contribution in [0.5, 0.6) is 0 Å². The van der Waals surface area contributed by atoms with Gasteiger partial charge in [0.15, 0.2) is 12.2 Å². The van der Waals surface area contributed by atoms with Crippen molar-refractivity contribution in [2.75, 3.05) is 19.8 Å². The molecule has 8 nitrogen and oxygen atoms in total. The van der Waals surface area contributed by atoms with E-state index in [0.717, 1.165) is 12.0 Å². The molecule has 3 atom stereocenters. The van der Waals surface area contributed by atoms with Crippen LogP contribution < -0.4 is 10.6 Å². The zero-order chi connectivity index (χ0) is 21.2. The standard InChI is InChI=1S/C21H30N2O6/c1-4-28-21(26)18-17(29-18)20(25)23-16(19(24)22-11-10-14(2)3)13-27-12-15-8-6-5-7-9-15/h5-9,14,16-18H,4,10-13H2,1-3H3,(H,22,24)(H,23,25)/t16-,17-,18-/m1/s1. The van der Waals surface area contributed by atoms with Crippen LogP contribution in [-0.4, -0.2) is 55.8 Å². The number of hydrogen-bond donors (Lipinski definition) is 2. The maximum atomic E-state index is 12.5. The second kappa shape index (κ2) is 11.5. The fraction of sp³-hybridized carbons (Fsp3) is 0.571. The maximum absolute atomic E-state index is 12.5. The first-order valence-corrected chi connectivity index (χ1v) is 9.94. The Morgan fingerprint density at radius 3 is 2.52 bits per heavy atom. The van der Waals surface area contributed by atoms with Crippen molar-refractivity contribution >= 4 is 17.8 Å². The van der Waals surface area contributed by atoms with Gasteiger partial charge in [-0.15, -0.1) is 0 Å². The van der Waals surface area contributed by atoms with Gasteiger partial charge in [-0.2, -0.15) is 0 Å². The Morgan fingerprint density at radius 1 is 1.14 bits per heavy atom. The normalized spacial score (nSPS) is 18.8. The monoisotopic (exact) mass is 406 g/mol. The van der Waals surface area contributed by atoms with E-state index in [0.29, 0.717) is 19.1 Å². The molecule has 1 aromatic carbocycles. The Balaban J connectivity index is 1.88. The van der Waals surface area contributed by atoms with Crippen LogP contribution in [0.4, 0.5) is 0 Å². The van der Waals surface area contributed by atoms with E-state index in [1.54, 1.807) is 6.92 Å². The lowest BCUT2D eigenvalue weighted by Gasteiger charge is -2.18. The van der Waals surface area contributed by atoms with E-state index in [4.69, 9.17) is 14.2 Å². The first kappa shape index (κ1) is 22.8. The third-order valence-electron chi connectivity index (χ3n) is 4.32. The highest BCUT2D eigenvalue weighted by Gasteiger charge is 2.52. The van der Waals surface area contributed by atoms with E-state index < -0.39 is 30.1 Å². The van der Waals surface area contributed by atoms with Gasteiger partial charge >= 0.3 is 5.97 Å². The van der Waals surface area contributed by atoms with Gasteiger partial charge in [-0.05, 0) is 24.8 Å². The van der Waals surface area contributed by atoms with E-state index in [1.807, 2.05) is 30.3 Å². The van der Waals surface area contributed by atoms with Gasteiger partial charge in [0.05, 0.1) is 19.8 Å². The predicted molar refractivity (Wildman–Crippen MR) is 106 cm³/mol. The van der Waals surface area contributed by atoms with Crippen LogP contribution in [0, 0.1) is 5.92 Å². The van der Waals surface area contributed by atoms with Crippen LogP contribution in [0.2, 0.25) is 0 Å². The largest absolute Gasteiger partial charge is 0.464 e. The van der Waals surface area contributed by atoms with Gasteiger partial charge in [0, 0.05) is 6.54 Å². The zero-order valence-corrected chi connectivity index (χ0v) is 17.2. The summed E-state index contributed by atoms with van der Waals surface area (Å²) >= 11 is 0.